The molecule has 1 heterocycles. The molecule has 0 spiro atoms. The summed E-state index contributed by atoms with van der Waals surface area (Å²) < 4.78 is 0. The van der Waals surface area contributed by atoms with Gasteiger partial charge in [-0.1, -0.05) is 45.3 Å². The lowest BCUT2D eigenvalue weighted by Gasteiger charge is -2.23. The van der Waals surface area contributed by atoms with Crippen molar-refractivity contribution in [2.24, 2.45) is 17.8 Å². The quantitative estimate of drug-likeness (QED) is 0.417. The van der Waals surface area contributed by atoms with Crippen LogP contribution in [0.5, 0.6) is 0 Å². The lowest BCUT2D eigenvalue weighted by Crippen LogP contribution is -2.40. The van der Waals surface area contributed by atoms with Crippen molar-refractivity contribution in [2.45, 2.75) is 59.9 Å². The zero-order valence-electron chi connectivity index (χ0n) is 17.5. The third-order valence-electron chi connectivity index (χ3n) is 5.29. The van der Waals surface area contributed by atoms with Crippen molar-refractivity contribution < 1.29 is 9.59 Å². The van der Waals surface area contributed by atoms with Gasteiger partial charge in [-0.05, 0) is 31.9 Å². The maximum absolute atomic E-state index is 12.7. The molecule has 6 heteroatoms. The van der Waals surface area contributed by atoms with E-state index in [1.54, 1.807) is 26.0 Å². The number of carbonyl (C=O) groups excluding carboxylic acids is 2. The van der Waals surface area contributed by atoms with E-state index in [0.717, 1.165) is 19.3 Å². The average Bonchev–Trinajstić information content (AvgIpc) is 3.34. The first-order valence-corrected chi connectivity index (χ1v) is 10.1. The minimum atomic E-state index is -0.225. The van der Waals surface area contributed by atoms with E-state index in [4.69, 9.17) is 5.41 Å². The predicted octanol–water partition coefficient (Wildman–Crippen LogP) is 4.20. The van der Waals surface area contributed by atoms with E-state index >= 15 is 0 Å². The largest absolute Gasteiger partial charge is 0.349 e. The summed E-state index contributed by atoms with van der Waals surface area (Å²) in [6.07, 6.45) is 6.16. The Morgan fingerprint density at radius 1 is 1.25 bits per heavy atom. The van der Waals surface area contributed by atoms with Gasteiger partial charge in [0.25, 0.3) is 5.91 Å². The van der Waals surface area contributed by atoms with Crippen molar-refractivity contribution in [2.75, 3.05) is 5.32 Å². The van der Waals surface area contributed by atoms with E-state index in [1.807, 2.05) is 6.92 Å². The van der Waals surface area contributed by atoms with E-state index in [1.165, 1.54) is 23.6 Å². The summed E-state index contributed by atoms with van der Waals surface area (Å²) in [6.45, 7) is 9.87. The molecule has 6 nitrogen and oxygen atoms in total. The van der Waals surface area contributed by atoms with Crippen molar-refractivity contribution in [3.05, 3.63) is 35.0 Å². The summed E-state index contributed by atoms with van der Waals surface area (Å²) >= 11 is 0. The first-order chi connectivity index (χ1) is 13.3. The second kappa shape index (κ2) is 9.62. The van der Waals surface area contributed by atoms with Gasteiger partial charge in [-0.3, -0.25) is 9.59 Å². The van der Waals surface area contributed by atoms with Gasteiger partial charge in [-0.25, -0.2) is 4.98 Å². The topological polar surface area (TPSA) is 94.9 Å². The lowest BCUT2D eigenvalue weighted by molar-refractivity contribution is -0.118. The molecular formula is C22H32N4O2. The standard InChI is InChI=1S/C22H32N4O2/c1-6-8-17-16(7-2)20(17)18(12-23)14(5)25-22(28)15-9-10-24-19(11-15)26-21(27)13(3)4/h9-14,18,20,23H,6-8H2,1-5H3,(H,25,28)(H,24,26,27). The molecule has 2 rings (SSSR count). The zero-order chi connectivity index (χ0) is 20.8. The van der Waals surface area contributed by atoms with Crippen LogP contribution in [0.2, 0.25) is 0 Å². The van der Waals surface area contributed by atoms with Crippen molar-refractivity contribution >= 4 is 23.8 Å². The van der Waals surface area contributed by atoms with Crippen LogP contribution in [0, 0.1) is 23.2 Å². The van der Waals surface area contributed by atoms with E-state index in [0.29, 0.717) is 17.3 Å². The second-order valence-electron chi connectivity index (χ2n) is 7.71. The molecular weight excluding hydrogens is 352 g/mol. The fourth-order valence-electron chi connectivity index (χ4n) is 3.66. The van der Waals surface area contributed by atoms with E-state index in [9.17, 15) is 9.59 Å². The molecule has 3 N–H and O–H groups in total. The zero-order valence-corrected chi connectivity index (χ0v) is 17.5. The maximum atomic E-state index is 12.7. The molecule has 1 aliphatic rings. The third kappa shape index (κ3) is 5.06. The van der Waals surface area contributed by atoms with Gasteiger partial charge in [-0.15, -0.1) is 0 Å². The Morgan fingerprint density at radius 3 is 2.54 bits per heavy atom. The van der Waals surface area contributed by atoms with Gasteiger partial charge in [0, 0.05) is 41.8 Å². The van der Waals surface area contributed by atoms with Crippen LogP contribution in [0.4, 0.5) is 5.82 Å². The number of nitrogens with one attached hydrogen (secondary N) is 3. The van der Waals surface area contributed by atoms with Crippen LogP contribution in [0.25, 0.3) is 0 Å². The Morgan fingerprint density at radius 2 is 1.96 bits per heavy atom. The SMILES string of the molecule is CCCC1=C(CC)C1C(C=N)C(C)NC(=O)c1ccnc(NC(=O)C(C)C)c1. The molecule has 0 aromatic carbocycles. The number of anilines is 1. The fourth-order valence-corrected chi connectivity index (χ4v) is 3.66. The maximum Gasteiger partial charge on any atom is 0.251 e. The molecule has 1 aromatic heterocycles. The van der Waals surface area contributed by atoms with Crippen molar-refractivity contribution in [1.82, 2.24) is 10.3 Å². The molecule has 0 radical (unpaired) electrons. The fraction of sp³-hybridized carbons (Fsp3) is 0.545. The van der Waals surface area contributed by atoms with E-state index in [2.05, 4.69) is 29.5 Å². The summed E-state index contributed by atoms with van der Waals surface area (Å²) in [5.41, 5.74) is 3.35. The highest BCUT2D eigenvalue weighted by Gasteiger charge is 2.41. The molecule has 152 valence electrons. The van der Waals surface area contributed by atoms with Gasteiger partial charge in [-0.2, -0.15) is 0 Å². The van der Waals surface area contributed by atoms with Crippen LogP contribution in [0.15, 0.2) is 29.5 Å². The van der Waals surface area contributed by atoms with Crippen LogP contribution in [0.3, 0.4) is 0 Å². The molecule has 3 unspecified atom stereocenters. The van der Waals surface area contributed by atoms with Crippen molar-refractivity contribution in [1.29, 1.82) is 5.41 Å². The van der Waals surface area contributed by atoms with E-state index in [-0.39, 0.29) is 29.7 Å². The number of amides is 2. The summed E-state index contributed by atoms with van der Waals surface area (Å²) in [5.74, 6) is 0.127. The number of hydrogen-bond donors (Lipinski definition) is 3. The monoisotopic (exact) mass is 384 g/mol. The molecule has 1 aromatic rings. The lowest BCUT2D eigenvalue weighted by atomic mass is 9.91. The normalized spacial score (nSPS) is 17.9. The minimum absolute atomic E-state index is 0.0256. The van der Waals surface area contributed by atoms with Crippen LogP contribution in [0.1, 0.15) is 64.2 Å². The van der Waals surface area contributed by atoms with Crippen LogP contribution in [-0.4, -0.2) is 29.1 Å². The highest BCUT2D eigenvalue weighted by atomic mass is 16.2. The van der Waals surface area contributed by atoms with Crippen LogP contribution in [-0.2, 0) is 4.79 Å². The second-order valence-corrected chi connectivity index (χ2v) is 7.71. The van der Waals surface area contributed by atoms with Gasteiger partial charge in [0.1, 0.15) is 5.82 Å². The number of nitrogens with zero attached hydrogens (tertiary/aromatic N) is 1. The Kier molecular flexibility index (Phi) is 7.49. The number of aromatic nitrogens is 1. The highest BCUT2D eigenvalue weighted by molar-refractivity contribution is 5.97. The Bertz CT molecular complexity index is 770. The molecule has 2 amide bonds. The van der Waals surface area contributed by atoms with Crippen LogP contribution < -0.4 is 10.6 Å². The Balaban J connectivity index is 2.03. The number of allylic oxidation sites excluding steroid dienone is 2. The summed E-state index contributed by atoms with van der Waals surface area (Å²) in [4.78, 5) is 28.7. The number of rotatable bonds is 10. The molecule has 0 fully saturated rings. The summed E-state index contributed by atoms with van der Waals surface area (Å²) in [7, 11) is 0. The van der Waals surface area contributed by atoms with Gasteiger partial charge < -0.3 is 16.0 Å². The number of pyridine rings is 1. The first kappa shape index (κ1) is 21.8. The molecule has 0 bridgehead atoms. The first-order valence-electron chi connectivity index (χ1n) is 10.1. The summed E-state index contributed by atoms with van der Waals surface area (Å²) in [5, 5.41) is 13.6. The van der Waals surface area contributed by atoms with Gasteiger partial charge >= 0.3 is 0 Å². The minimum Gasteiger partial charge on any atom is -0.349 e. The third-order valence-corrected chi connectivity index (χ3v) is 5.29. The molecule has 0 saturated carbocycles. The van der Waals surface area contributed by atoms with E-state index < -0.39 is 0 Å². The number of hydrogen-bond acceptors (Lipinski definition) is 4. The Hall–Kier alpha value is -2.50. The molecule has 0 aliphatic heterocycles. The predicted molar refractivity (Wildman–Crippen MR) is 113 cm³/mol. The van der Waals surface area contributed by atoms with Crippen molar-refractivity contribution in [3.63, 3.8) is 0 Å². The highest BCUT2D eigenvalue weighted by Crippen LogP contribution is 2.49. The Labute approximate surface area is 167 Å². The van der Waals surface area contributed by atoms with Crippen LogP contribution >= 0.6 is 0 Å². The van der Waals surface area contributed by atoms with Crippen molar-refractivity contribution in [3.8, 4) is 0 Å². The molecule has 3 atom stereocenters. The average molecular weight is 385 g/mol. The molecule has 1 aliphatic carbocycles. The molecule has 28 heavy (non-hydrogen) atoms. The molecule has 0 saturated heterocycles. The smallest absolute Gasteiger partial charge is 0.251 e. The summed E-state index contributed by atoms with van der Waals surface area (Å²) in [6, 6.07) is 3.05. The van der Waals surface area contributed by atoms with Gasteiger partial charge in [0.2, 0.25) is 5.91 Å². The van der Waals surface area contributed by atoms with Gasteiger partial charge in [0.15, 0.2) is 0 Å². The van der Waals surface area contributed by atoms with Gasteiger partial charge in [0.05, 0.1) is 0 Å². The number of carbonyl (C=O) groups is 2.